The van der Waals surface area contributed by atoms with Crippen LogP contribution >= 0.6 is 0 Å². The molecule has 9 nitrogen and oxygen atoms in total. The average molecular weight is 555 g/mol. The van der Waals surface area contributed by atoms with Crippen molar-refractivity contribution in [1.29, 1.82) is 0 Å². The van der Waals surface area contributed by atoms with Gasteiger partial charge in [-0.2, -0.15) is 0 Å². The second-order valence-electron chi connectivity index (χ2n) is 10.4. The van der Waals surface area contributed by atoms with Crippen LogP contribution in [0.15, 0.2) is 54.9 Å². The molecule has 1 aromatic heterocycles. The summed E-state index contributed by atoms with van der Waals surface area (Å²) in [5, 5.41) is 31.0. The van der Waals surface area contributed by atoms with Crippen LogP contribution in [0, 0.1) is 0 Å². The van der Waals surface area contributed by atoms with Gasteiger partial charge in [0.15, 0.2) is 0 Å². The highest BCUT2D eigenvalue weighted by atomic mass is 16.3. The van der Waals surface area contributed by atoms with E-state index in [1.807, 2.05) is 37.3 Å². The molecule has 0 saturated carbocycles. The van der Waals surface area contributed by atoms with Gasteiger partial charge >= 0.3 is 0 Å². The van der Waals surface area contributed by atoms with E-state index in [-0.39, 0.29) is 12.3 Å². The molecule has 2 aromatic rings. The Kier molecular flexibility index (Phi) is 14.9. The van der Waals surface area contributed by atoms with Crippen LogP contribution in [0.25, 0.3) is 0 Å². The Morgan fingerprint density at radius 2 is 1.50 bits per heavy atom. The maximum Gasteiger partial charge on any atom is 0.253 e. The second-order valence-corrected chi connectivity index (χ2v) is 10.4. The van der Waals surface area contributed by atoms with Gasteiger partial charge in [-0.3, -0.25) is 19.4 Å². The highest BCUT2D eigenvalue weighted by Crippen LogP contribution is 2.16. The summed E-state index contributed by atoms with van der Waals surface area (Å²) in [6.07, 6.45) is 6.85. The van der Waals surface area contributed by atoms with E-state index >= 15 is 0 Å². The van der Waals surface area contributed by atoms with E-state index in [9.17, 15) is 24.6 Å². The van der Waals surface area contributed by atoms with Crippen molar-refractivity contribution in [3.63, 3.8) is 0 Å². The molecule has 2 rings (SSSR count). The first-order chi connectivity index (χ1) is 19.3. The first-order valence-electron chi connectivity index (χ1n) is 14.4. The van der Waals surface area contributed by atoms with Crippen LogP contribution in [0.5, 0.6) is 0 Å². The molecular weight excluding hydrogens is 508 g/mol. The molecule has 1 unspecified atom stereocenters. The number of amides is 3. The smallest absolute Gasteiger partial charge is 0.253 e. The number of hydrogen-bond acceptors (Lipinski definition) is 6. The van der Waals surface area contributed by atoms with Crippen molar-refractivity contribution in [2.24, 2.45) is 0 Å². The number of carbonyl (C=O) groups is 3. The number of benzene rings is 1. The van der Waals surface area contributed by atoms with Gasteiger partial charge in [-0.15, -0.1) is 0 Å². The second kappa shape index (κ2) is 18.1. The molecule has 0 fully saturated rings. The molecule has 0 radical (unpaired) electrons. The zero-order valence-electron chi connectivity index (χ0n) is 24.0. The minimum atomic E-state index is -1.37. The monoisotopic (exact) mass is 554 g/mol. The van der Waals surface area contributed by atoms with Crippen molar-refractivity contribution in [1.82, 2.24) is 20.9 Å². The number of unbranched alkanes of at least 4 members (excludes halogenated alkanes) is 4. The number of hydrogen-bond donors (Lipinski definition) is 5. The number of rotatable bonds is 18. The Morgan fingerprint density at radius 1 is 0.800 bits per heavy atom. The van der Waals surface area contributed by atoms with Crippen LogP contribution in [0.4, 0.5) is 0 Å². The SMILES string of the molecule is CCCCCCC(NC(=O)c1cccnc1)C(=O)N[C@H](Cc1ccccc1)[C@@H](O)[C@H](O)[C@@H](CCCC)NC(C)=O. The van der Waals surface area contributed by atoms with Gasteiger partial charge in [-0.1, -0.05) is 82.7 Å². The fraction of sp³-hybridized carbons (Fsp3) is 0.548. The summed E-state index contributed by atoms with van der Waals surface area (Å²) in [7, 11) is 0. The number of nitrogens with zero attached hydrogens (tertiary/aromatic N) is 1. The third kappa shape index (κ3) is 11.4. The molecule has 0 aliphatic heterocycles. The van der Waals surface area contributed by atoms with Crippen LogP contribution < -0.4 is 16.0 Å². The lowest BCUT2D eigenvalue weighted by Gasteiger charge is -2.33. The number of aliphatic hydroxyl groups is 2. The normalized spacial score (nSPS) is 14.8. The molecular formula is C31H46N4O5. The van der Waals surface area contributed by atoms with E-state index in [4.69, 9.17) is 0 Å². The van der Waals surface area contributed by atoms with Crippen molar-refractivity contribution in [3.05, 3.63) is 66.0 Å². The molecule has 220 valence electrons. The molecule has 1 heterocycles. The first-order valence-corrected chi connectivity index (χ1v) is 14.4. The van der Waals surface area contributed by atoms with Gasteiger partial charge in [-0.25, -0.2) is 0 Å². The molecule has 0 bridgehead atoms. The van der Waals surface area contributed by atoms with E-state index < -0.39 is 42.1 Å². The summed E-state index contributed by atoms with van der Waals surface area (Å²) < 4.78 is 0. The quantitative estimate of drug-likeness (QED) is 0.179. The summed E-state index contributed by atoms with van der Waals surface area (Å²) >= 11 is 0. The van der Waals surface area contributed by atoms with Gasteiger partial charge in [-0.05, 0) is 37.0 Å². The van der Waals surface area contributed by atoms with Crippen LogP contribution in [0.3, 0.4) is 0 Å². The predicted molar refractivity (Wildman–Crippen MR) is 155 cm³/mol. The predicted octanol–water partition coefficient (Wildman–Crippen LogP) is 3.29. The Morgan fingerprint density at radius 3 is 2.12 bits per heavy atom. The molecule has 5 atom stereocenters. The average Bonchev–Trinajstić information content (AvgIpc) is 2.96. The van der Waals surface area contributed by atoms with E-state index in [0.29, 0.717) is 18.4 Å². The topological polar surface area (TPSA) is 141 Å². The number of aliphatic hydroxyl groups excluding tert-OH is 2. The number of nitrogens with one attached hydrogen (secondary N) is 3. The van der Waals surface area contributed by atoms with Gasteiger partial charge in [0.2, 0.25) is 11.8 Å². The summed E-state index contributed by atoms with van der Waals surface area (Å²) in [5.41, 5.74) is 1.21. The van der Waals surface area contributed by atoms with Crippen molar-refractivity contribution in [2.75, 3.05) is 0 Å². The van der Waals surface area contributed by atoms with Crippen molar-refractivity contribution < 1.29 is 24.6 Å². The Bertz CT molecular complexity index is 1020. The Labute approximate surface area is 238 Å². The summed E-state index contributed by atoms with van der Waals surface area (Å²) in [6.45, 7) is 5.48. The van der Waals surface area contributed by atoms with E-state index in [2.05, 4.69) is 27.9 Å². The van der Waals surface area contributed by atoms with Crippen molar-refractivity contribution in [3.8, 4) is 0 Å². The molecule has 9 heteroatoms. The van der Waals surface area contributed by atoms with E-state index in [0.717, 1.165) is 44.1 Å². The minimum absolute atomic E-state index is 0.254. The molecule has 3 amide bonds. The van der Waals surface area contributed by atoms with Crippen LogP contribution in [0.1, 0.15) is 88.1 Å². The van der Waals surface area contributed by atoms with Gasteiger partial charge in [0, 0.05) is 19.3 Å². The standard InChI is InChI=1S/C31H46N4O5/c1-4-6-8-12-18-26(34-30(39)24-16-13-19-32-21-24)31(40)35-27(20-23-14-10-9-11-15-23)29(38)28(37)25(17-7-5-2)33-22(3)36/h9-11,13-16,19,21,25-29,37-38H,4-8,12,17-18,20H2,1-3H3,(H,33,36)(H,34,39)(H,35,40)/t25-,26?,27-,28-,29-/m1/s1. The van der Waals surface area contributed by atoms with Gasteiger partial charge in [0.25, 0.3) is 5.91 Å². The minimum Gasteiger partial charge on any atom is -0.388 e. The Balaban J connectivity index is 2.27. The zero-order chi connectivity index (χ0) is 29.3. The lowest BCUT2D eigenvalue weighted by Crippen LogP contribution is -2.59. The largest absolute Gasteiger partial charge is 0.388 e. The maximum absolute atomic E-state index is 13.6. The molecule has 1 aromatic carbocycles. The fourth-order valence-electron chi connectivity index (χ4n) is 4.68. The van der Waals surface area contributed by atoms with Crippen LogP contribution in [0.2, 0.25) is 0 Å². The van der Waals surface area contributed by atoms with Gasteiger partial charge in [0.05, 0.1) is 17.6 Å². The lowest BCUT2D eigenvalue weighted by atomic mass is 9.91. The third-order valence-corrected chi connectivity index (χ3v) is 6.95. The van der Waals surface area contributed by atoms with Gasteiger partial charge in [0.1, 0.15) is 18.2 Å². The Hall–Kier alpha value is -3.30. The lowest BCUT2D eigenvalue weighted by molar-refractivity contribution is -0.127. The van der Waals surface area contributed by atoms with Crippen LogP contribution in [-0.4, -0.2) is 63.3 Å². The molecule has 5 N–H and O–H groups in total. The summed E-state index contributed by atoms with van der Waals surface area (Å²) in [4.78, 5) is 42.3. The van der Waals surface area contributed by atoms with E-state index in [1.165, 1.54) is 13.1 Å². The third-order valence-electron chi connectivity index (χ3n) is 6.95. The highest BCUT2D eigenvalue weighted by molar-refractivity contribution is 5.97. The first kappa shape index (κ1) is 32.9. The van der Waals surface area contributed by atoms with Crippen molar-refractivity contribution >= 4 is 17.7 Å². The molecule has 0 aliphatic rings. The maximum atomic E-state index is 13.6. The highest BCUT2D eigenvalue weighted by Gasteiger charge is 2.35. The molecule has 0 aliphatic carbocycles. The molecule has 40 heavy (non-hydrogen) atoms. The summed E-state index contributed by atoms with van der Waals surface area (Å²) in [6, 6.07) is 10.3. The van der Waals surface area contributed by atoms with E-state index in [1.54, 1.807) is 18.3 Å². The fourth-order valence-corrected chi connectivity index (χ4v) is 4.68. The zero-order valence-corrected chi connectivity index (χ0v) is 24.0. The number of aromatic nitrogens is 1. The number of pyridine rings is 1. The summed E-state index contributed by atoms with van der Waals surface area (Å²) in [5.74, 6) is -1.15. The molecule has 0 spiro atoms. The molecule has 0 saturated heterocycles. The number of carbonyl (C=O) groups excluding carboxylic acids is 3. The van der Waals surface area contributed by atoms with Crippen LogP contribution in [-0.2, 0) is 16.0 Å². The van der Waals surface area contributed by atoms with Crippen molar-refractivity contribution in [2.45, 2.75) is 109 Å². The van der Waals surface area contributed by atoms with Gasteiger partial charge < -0.3 is 26.2 Å².